The predicted molar refractivity (Wildman–Crippen MR) is 173 cm³/mol. The molecule has 0 bridgehead atoms. The maximum absolute atomic E-state index is 13.3. The number of carbonyl (C=O) groups excluding carboxylic acids is 2. The lowest BCUT2D eigenvalue weighted by molar-refractivity contribution is 0.0430. The number of carbonyl (C=O) groups is 2. The van der Waals surface area contributed by atoms with Gasteiger partial charge in [-0.25, -0.2) is 14.6 Å². The van der Waals surface area contributed by atoms with Gasteiger partial charge in [0, 0.05) is 42.1 Å². The lowest BCUT2D eigenvalue weighted by Gasteiger charge is -2.28. The number of aromatic nitrogens is 3. The molecule has 0 radical (unpaired) electrons. The number of pyridine rings is 1. The fourth-order valence-corrected chi connectivity index (χ4v) is 4.71. The summed E-state index contributed by atoms with van der Waals surface area (Å²) < 4.78 is 17.9. The molecule has 1 saturated heterocycles. The second-order valence-corrected chi connectivity index (χ2v) is 12.6. The SMILES string of the molecule is CC(C)(C)OC(=O)N(C(=O)OC(C)(C)C)c1cccc(-n2c(=O)ccc3cnc(Nc4ccc(N5CCOCC5)cc4)nc32)c1. The van der Waals surface area contributed by atoms with Crippen LogP contribution >= 0.6 is 0 Å². The van der Waals surface area contributed by atoms with Crippen molar-refractivity contribution in [3.05, 3.63) is 77.2 Å². The molecule has 4 aromatic rings. The Hall–Kier alpha value is -4.97. The molecule has 2 amide bonds. The fourth-order valence-electron chi connectivity index (χ4n) is 4.71. The summed E-state index contributed by atoms with van der Waals surface area (Å²) in [6.07, 6.45) is -0.194. The van der Waals surface area contributed by atoms with Gasteiger partial charge in [-0.3, -0.25) is 9.36 Å². The van der Waals surface area contributed by atoms with Crippen LogP contribution < -0.4 is 20.7 Å². The normalized spacial score (nSPS) is 13.8. The first-order valence-electron chi connectivity index (χ1n) is 14.7. The van der Waals surface area contributed by atoms with E-state index in [0.717, 1.165) is 29.4 Å². The number of nitrogens with one attached hydrogen (secondary N) is 1. The van der Waals surface area contributed by atoms with Crippen LogP contribution in [0.15, 0.2) is 71.7 Å². The van der Waals surface area contributed by atoms with Gasteiger partial charge >= 0.3 is 12.2 Å². The first kappa shape index (κ1) is 31.5. The number of imide groups is 1. The molecular weight excluding hydrogens is 576 g/mol. The highest BCUT2D eigenvalue weighted by molar-refractivity contribution is 6.09. The molecule has 1 N–H and O–H groups in total. The minimum atomic E-state index is -0.910. The van der Waals surface area contributed by atoms with Crippen molar-refractivity contribution >= 4 is 46.2 Å². The number of ether oxygens (including phenoxy) is 3. The van der Waals surface area contributed by atoms with Crippen molar-refractivity contribution in [3.63, 3.8) is 0 Å². The van der Waals surface area contributed by atoms with Crippen LogP contribution in [0.1, 0.15) is 41.5 Å². The van der Waals surface area contributed by atoms with Gasteiger partial charge in [-0.1, -0.05) is 6.07 Å². The summed E-state index contributed by atoms with van der Waals surface area (Å²) in [5.41, 5.74) is 0.651. The number of amides is 2. The van der Waals surface area contributed by atoms with E-state index < -0.39 is 23.4 Å². The highest BCUT2D eigenvalue weighted by Gasteiger charge is 2.33. The minimum Gasteiger partial charge on any atom is -0.443 e. The average Bonchev–Trinajstić information content (AvgIpc) is 2.96. The largest absolute Gasteiger partial charge is 0.443 e. The number of hydrogen-bond donors (Lipinski definition) is 1. The zero-order valence-electron chi connectivity index (χ0n) is 26.4. The molecule has 45 heavy (non-hydrogen) atoms. The molecule has 12 heteroatoms. The first-order valence-corrected chi connectivity index (χ1v) is 14.7. The second kappa shape index (κ2) is 12.6. The van der Waals surface area contributed by atoms with E-state index in [1.54, 1.807) is 72.0 Å². The molecule has 0 aliphatic carbocycles. The van der Waals surface area contributed by atoms with Gasteiger partial charge in [0.2, 0.25) is 5.95 Å². The Morgan fingerprint density at radius 3 is 2.13 bits per heavy atom. The number of benzene rings is 2. The van der Waals surface area contributed by atoms with Gasteiger partial charge in [-0.05, 0) is 90.1 Å². The molecule has 236 valence electrons. The summed E-state index contributed by atoms with van der Waals surface area (Å²) >= 11 is 0. The number of anilines is 4. The molecule has 2 aromatic carbocycles. The molecule has 12 nitrogen and oxygen atoms in total. The van der Waals surface area contributed by atoms with E-state index in [0.29, 0.717) is 35.9 Å². The second-order valence-electron chi connectivity index (χ2n) is 12.6. The molecule has 1 aliphatic rings. The maximum Gasteiger partial charge on any atom is 0.424 e. The fraction of sp³-hybridized carbons (Fsp3) is 0.364. The zero-order valence-corrected chi connectivity index (χ0v) is 26.4. The highest BCUT2D eigenvalue weighted by Crippen LogP contribution is 2.26. The smallest absolute Gasteiger partial charge is 0.424 e. The van der Waals surface area contributed by atoms with Crippen LogP contribution in [0.2, 0.25) is 0 Å². The molecule has 0 unspecified atom stereocenters. The van der Waals surface area contributed by atoms with E-state index in [4.69, 9.17) is 14.2 Å². The van der Waals surface area contributed by atoms with Crippen molar-refractivity contribution in [1.29, 1.82) is 0 Å². The first-order chi connectivity index (χ1) is 21.3. The van der Waals surface area contributed by atoms with E-state index in [2.05, 4.69) is 20.2 Å². The van der Waals surface area contributed by atoms with Crippen LogP contribution in [-0.4, -0.2) is 64.2 Å². The monoisotopic (exact) mass is 614 g/mol. The highest BCUT2D eigenvalue weighted by atomic mass is 16.6. The molecule has 2 aromatic heterocycles. The van der Waals surface area contributed by atoms with Crippen molar-refractivity contribution < 1.29 is 23.8 Å². The van der Waals surface area contributed by atoms with Crippen molar-refractivity contribution in [1.82, 2.24) is 14.5 Å². The van der Waals surface area contributed by atoms with E-state index >= 15 is 0 Å². The number of hydrogen-bond acceptors (Lipinski definition) is 10. The van der Waals surface area contributed by atoms with E-state index in [-0.39, 0.29) is 11.2 Å². The van der Waals surface area contributed by atoms with E-state index in [1.807, 2.05) is 24.3 Å². The van der Waals surface area contributed by atoms with E-state index in [1.165, 1.54) is 16.7 Å². The Bertz CT molecular complexity index is 1720. The van der Waals surface area contributed by atoms with Crippen LogP contribution in [0, 0.1) is 0 Å². The Morgan fingerprint density at radius 1 is 0.867 bits per heavy atom. The molecule has 0 atom stereocenters. The van der Waals surface area contributed by atoms with Gasteiger partial charge in [-0.2, -0.15) is 9.88 Å². The van der Waals surface area contributed by atoms with Crippen LogP contribution in [0.25, 0.3) is 16.7 Å². The van der Waals surface area contributed by atoms with Gasteiger partial charge < -0.3 is 24.4 Å². The van der Waals surface area contributed by atoms with Crippen molar-refractivity contribution in [2.24, 2.45) is 0 Å². The average molecular weight is 615 g/mol. The molecule has 0 saturated carbocycles. The van der Waals surface area contributed by atoms with Crippen LogP contribution in [-0.2, 0) is 14.2 Å². The Morgan fingerprint density at radius 2 is 1.51 bits per heavy atom. The summed E-state index contributed by atoms with van der Waals surface area (Å²) in [4.78, 5) is 52.0. The van der Waals surface area contributed by atoms with Crippen LogP contribution in [0.4, 0.5) is 32.6 Å². The molecule has 0 spiro atoms. The number of fused-ring (bicyclic) bond motifs is 1. The Balaban J connectivity index is 1.49. The molecule has 1 aliphatic heterocycles. The molecular formula is C33H38N6O6. The predicted octanol–water partition coefficient (Wildman–Crippen LogP) is 6.04. The lowest BCUT2D eigenvalue weighted by atomic mass is 10.2. The summed E-state index contributed by atoms with van der Waals surface area (Å²) in [7, 11) is 0. The topological polar surface area (TPSA) is 128 Å². The van der Waals surface area contributed by atoms with Crippen molar-refractivity contribution in [2.75, 3.05) is 41.4 Å². The third-order valence-corrected chi connectivity index (χ3v) is 6.63. The van der Waals surface area contributed by atoms with Crippen molar-refractivity contribution in [3.8, 4) is 5.69 Å². The van der Waals surface area contributed by atoms with Crippen LogP contribution in [0.5, 0.6) is 0 Å². The summed E-state index contributed by atoms with van der Waals surface area (Å²) in [6.45, 7) is 13.3. The molecule has 5 rings (SSSR count). The van der Waals surface area contributed by atoms with Crippen LogP contribution in [0.3, 0.4) is 0 Å². The van der Waals surface area contributed by atoms with Gasteiger partial charge in [0.25, 0.3) is 5.56 Å². The third kappa shape index (κ3) is 7.76. The van der Waals surface area contributed by atoms with Gasteiger partial charge in [0.15, 0.2) is 5.65 Å². The molecule has 1 fully saturated rings. The Kier molecular flexibility index (Phi) is 8.78. The van der Waals surface area contributed by atoms with Gasteiger partial charge in [0.1, 0.15) is 11.2 Å². The summed E-state index contributed by atoms with van der Waals surface area (Å²) in [5.74, 6) is 0.293. The summed E-state index contributed by atoms with van der Waals surface area (Å²) in [5, 5.41) is 3.83. The van der Waals surface area contributed by atoms with Crippen molar-refractivity contribution in [2.45, 2.75) is 52.7 Å². The maximum atomic E-state index is 13.3. The number of morpholine rings is 1. The minimum absolute atomic E-state index is 0.160. The molecule has 3 heterocycles. The number of nitrogens with zero attached hydrogens (tertiary/aromatic N) is 5. The quantitative estimate of drug-likeness (QED) is 0.284. The standard InChI is InChI=1S/C33H38N6O6/c1-32(2,3)44-30(41)39(31(42)45-33(4,5)6)26-9-7-8-25(20-26)38-27(40)15-10-22-21-34-29(36-28(22)38)35-23-11-13-24(14-12-23)37-16-18-43-19-17-37/h7-15,20-21H,16-19H2,1-6H3,(H,34,35,36). The van der Waals surface area contributed by atoms with Gasteiger partial charge in [0.05, 0.1) is 24.6 Å². The number of rotatable bonds is 5. The Labute approximate surface area is 261 Å². The zero-order chi connectivity index (χ0) is 32.4. The van der Waals surface area contributed by atoms with Gasteiger partial charge in [-0.15, -0.1) is 0 Å². The van der Waals surface area contributed by atoms with E-state index in [9.17, 15) is 14.4 Å². The lowest BCUT2D eigenvalue weighted by Crippen LogP contribution is -2.43. The third-order valence-electron chi connectivity index (χ3n) is 6.63. The summed E-state index contributed by atoms with van der Waals surface area (Å²) in [6, 6.07) is 17.4.